The zero-order valence-electron chi connectivity index (χ0n) is 8.86. The Balaban J connectivity index is 2.88. The number of aryl methyl sites for hydroxylation is 1. The zero-order valence-corrected chi connectivity index (χ0v) is 8.86. The van der Waals surface area contributed by atoms with E-state index in [2.05, 4.69) is 22.1 Å². The highest BCUT2D eigenvalue weighted by Crippen LogP contribution is 2.10. The third-order valence-corrected chi connectivity index (χ3v) is 1.89. The summed E-state index contributed by atoms with van der Waals surface area (Å²) in [5.41, 5.74) is 4.45. The number of nitrogens with zero attached hydrogens (tertiary/aromatic N) is 3. The van der Waals surface area contributed by atoms with Crippen LogP contribution in [0.1, 0.15) is 11.1 Å². The molecule has 1 heterocycles. The van der Waals surface area contributed by atoms with Crippen LogP contribution in [0, 0.1) is 23.7 Å². The van der Waals surface area contributed by atoms with Crippen molar-refractivity contribution >= 4 is 17.7 Å². The molecule has 1 aromatic rings. The summed E-state index contributed by atoms with van der Waals surface area (Å²) < 4.78 is 0. The highest BCUT2D eigenvalue weighted by Gasteiger charge is 1.99. The molecule has 0 aromatic carbocycles. The molecule has 5 nitrogen and oxygen atoms in total. The van der Waals surface area contributed by atoms with Gasteiger partial charge in [0.2, 0.25) is 0 Å². The molecule has 0 aliphatic carbocycles. The fraction of sp³-hybridized carbons (Fsp3) is 0.0909. The van der Waals surface area contributed by atoms with Crippen molar-refractivity contribution in [3.8, 4) is 6.07 Å². The number of pyridine rings is 1. The standard InChI is InChI=1S/C11H11N5/c1-3-10(6-13)15-16-11-4-8(2)9(5-12)7-14-11/h3-4,6-7,13H,1H2,2H3,(H,14,16)/b13-6?,15-10-. The van der Waals surface area contributed by atoms with Crippen LogP contribution in [0.2, 0.25) is 0 Å². The molecule has 0 amide bonds. The molecule has 2 N–H and O–H groups in total. The lowest BCUT2D eigenvalue weighted by molar-refractivity contribution is 1.19. The maximum atomic E-state index is 8.72. The van der Waals surface area contributed by atoms with Crippen molar-refractivity contribution in [2.45, 2.75) is 6.92 Å². The SMILES string of the molecule is C=C/C(C=N)=N/Nc1cc(C)c(C#N)cn1. The quantitative estimate of drug-likeness (QED) is 0.591. The molecule has 5 heteroatoms. The van der Waals surface area contributed by atoms with Gasteiger partial charge in [0, 0.05) is 12.4 Å². The van der Waals surface area contributed by atoms with Crippen LogP contribution in [0.15, 0.2) is 30.0 Å². The average molecular weight is 213 g/mol. The van der Waals surface area contributed by atoms with Gasteiger partial charge in [-0.2, -0.15) is 10.4 Å². The van der Waals surface area contributed by atoms with Gasteiger partial charge in [0.15, 0.2) is 0 Å². The number of hydrazone groups is 1. The van der Waals surface area contributed by atoms with Crippen molar-refractivity contribution in [1.29, 1.82) is 10.7 Å². The van der Waals surface area contributed by atoms with Gasteiger partial charge >= 0.3 is 0 Å². The first-order valence-electron chi connectivity index (χ1n) is 4.54. The van der Waals surface area contributed by atoms with Crippen LogP contribution >= 0.6 is 0 Å². The van der Waals surface area contributed by atoms with E-state index in [1.807, 2.05) is 13.0 Å². The van der Waals surface area contributed by atoms with Gasteiger partial charge < -0.3 is 5.41 Å². The number of aromatic nitrogens is 1. The van der Waals surface area contributed by atoms with E-state index in [1.165, 1.54) is 12.3 Å². The summed E-state index contributed by atoms with van der Waals surface area (Å²) >= 11 is 0. The molecule has 0 saturated carbocycles. The summed E-state index contributed by atoms with van der Waals surface area (Å²) in [5.74, 6) is 0.526. The smallest absolute Gasteiger partial charge is 0.146 e. The maximum absolute atomic E-state index is 8.72. The van der Waals surface area contributed by atoms with Gasteiger partial charge in [-0.25, -0.2) is 4.98 Å². The van der Waals surface area contributed by atoms with Crippen LogP contribution in [0.4, 0.5) is 5.82 Å². The van der Waals surface area contributed by atoms with Gasteiger partial charge in [-0.1, -0.05) is 6.58 Å². The Morgan fingerprint density at radius 3 is 3.00 bits per heavy atom. The first-order chi connectivity index (χ1) is 7.71. The summed E-state index contributed by atoms with van der Waals surface area (Å²) in [6.07, 6.45) is 4.01. The maximum Gasteiger partial charge on any atom is 0.146 e. The van der Waals surface area contributed by atoms with E-state index in [1.54, 1.807) is 6.07 Å². The summed E-state index contributed by atoms with van der Waals surface area (Å²) in [4.78, 5) is 4.00. The molecule has 1 aromatic heterocycles. The molecule has 0 aliphatic heterocycles. The molecule has 0 fully saturated rings. The minimum absolute atomic E-state index is 0.406. The monoisotopic (exact) mass is 213 g/mol. The van der Waals surface area contributed by atoms with Crippen molar-refractivity contribution < 1.29 is 0 Å². The second kappa shape index (κ2) is 5.41. The van der Waals surface area contributed by atoms with E-state index in [-0.39, 0.29) is 0 Å². The predicted octanol–water partition coefficient (Wildman–Crippen LogP) is 1.87. The molecule has 0 saturated heterocycles. The largest absolute Gasteiger partial charge is 0.306 e. The van der Waals surface area contributed by atoms with Gasteiger partial charge in [0.1, 0.15) is 17.6 Å². The van der Waals surface area contributed by atoms with E-state index >= 15 is 0 Å². The van der Waals surface area contributed by atoms with Crippen LogP contribution in [0.5, 0.6) is 0 Å². The number of hydrogen-bond donors (Lipinski definition) is 2. The van der Waals surface area contributed by atoms with Crippen molar-refractivity contribution in [2.75, 3.05) is 5.43 Å². The van der Waals surface area contributed by atoms with E-state index in [9.17, 15) is 0 Å². The lowest BCUT2D eigenvalue weighted by Gasteiger charge is -2.02. The van der Waals surface area contributed by atoms with E-state index in [0.717, 1.165) is 11.8 Å². The number of allylic oxidation sites excluding steroid dienone is 1. The highest BCUT2D eigenvalue weighted by atomic mass is 15.3. The molecule has 0 aliphatic rings. The molecule has 80 valence electrons. The Bertz CT molecular complexity index is 472. The third kappa shape index (κ3) is 2.75. The Hall–Kier alpha value is -2.48. The lowest BCUT2D eigenvalue weighted by atomic mass is 10.2. The first-order valence-corrected chi connectivity index (χ1v) is 4.54. The Labute approximate surface area is 93.6 Å². The Kier molecular flexibility index (Phi) is 3.92. The van der Waals surface area contributed by atoms with Gasteiger partial charge in [-0.05, 0) is 24.6 Å². The molecule has 16 heavy (non-hydrogen) atoms. The molecule has 0 unspecified atom stereocenters. The number of nitrogens with one attached hydrogen (secondary N) is 2. The summed E-state index contributed by atoms with van der Waals surface area (Å²) in [5, 5.41) is 19.6. The molecule has 0 spiro atoms. The van der Waals surface area contributed by atoms with Crippen LogP contribution < -0.4 is 5.43 Å². The van der Waals surface area contributed by atoms with Crippen molar-refractivity contribution in [3.05, 3.63) is 36.0 Å². The van der Waals surface area contributed by atoms with Gasteiger partial charge in [0.05, 0.1) is 5.56 Å². The summed E-state index contributed by atoms with van der Waals surface area (Å²) in [7, 11) is 0. The van der Waals surface area contributed by atoms with Crippen molar-refractivity contribution in [1.82, 2.24) is 4.98 Å². The first kappa shape index (κ1) is 11.6. The molecule has 0 bridgehead atoms. The van der Waals surface area contributed by atoms with Crippen LogP contribution in [0.3, 0.4) is 0 Å². The van der Waals surface area contributed by atoms with Crippen LogP contribution in [-0.2, 0) is 0 Å². The van der Waals surface area contributed by atoms with E-state index in [0.29, 0.717) is 17.1 Å². The fourth-order valence-corrected chi connectivity index (χ4v) is 0.993. The average Bonchev–Trinajstić information content (AvgIpc) is 2.30. The third-order valence-electron chi connectivity index (χ3n) is 1.89. The minimum Gasteiger partial charge on any atom is -0.306 e. The van der Waals surface area contributed by atoms with Gasteiger partial charge in [-0.15, -0.1) is 0 Å². The number of rotatable bonds is 4. The normalized spacial score (nSPS) is 10.4. The molecule has 0 atom stereocenters. The Morgan fingerprint density at radius 2 is 2.50 bits per heavy atom. The van der Waals surface area contributed by atoms with Gasteiger partial charge in [0.25, 0.3) is 0 Å². The van der Waals surface area contributed by atoms with E-state index < -0.39 is 0 Å². The second-order valence-corrected chi connectivity index (χ2v) is 2.99. The molecular formula is C11H11N5. The highest BCUT2D eigenvalue weighted by molar-refractivity contribution is 6.34. The van der Waals surface area contributed by atoms with E-state index in [4.69, 9.17) is 10.7 Å². The fourth-order valence-electron chi connectivity index (χ4n) is 0.993. The number of hydrogen-bond acceptors (Lipinski definition) is 5. The zero-order chi connectivity index (χ0) is 12.0. The lowest BCUT2D eigenvalue weighted by Crippen LogP contribution is -2.01. The van der Waals surface area contributed by atoms with Crippen LogP contribution in [-0.4, -0.2) is 16.9 Å². The topological polar surface area (TPSA) is 84.9 Å². The molecular weight excluding hydrogens is 202 g/mol. The van der Waals surface area contributed by atoms with Gasteiger partial charge in [-0.3, -0.25) is 5.43 Å². The van der Waals surface area contributed by atoms with Crippen LogP contribution in [0.25, 0.3) is 0 Å². The van der Waals surface area contributed by atoms with Crippen molar-refractivity contribution in [2.24, 2.45) is 5.10 Å². The number of anilines is 1. The number of nitriles is 1. The minimum atomic E-state index is 0.406. The van der Waals surface area contributed by atoms with Crippen molar-refractivity contribution in [3.63, 3.8) is 0 Å². The summed E-state index contributed by atoms with van der Waals surface area (Å²) in [6, 6.07) is 3.75. The molecule has 0 radical (unpaired) electrons. The predicted molar refractivity (Wildman–Crippen MR) is 63.7 cm³/mol. The Morgan fingerprint density at radius 1 is 1.75 bits per heavy atom. The second-order valence-electron chi connectivity index (χ2n) is 2.99. The molecule has 1 rings (SSSR count). The summed E-state index contributed by atoms with van der Waals surface area (Å²) in [6.45, 7) is 5.32.